The highest BCUT2D eigenvalue weighted by molar-refractivity contribution is 7.03. The monoisotopic (exact) mass is 299 g/mol. The van der Waals surface area contributed by atoms with Gasteiger partial charge in [0.1, 0.15) is 0 Å². The van der Waals surface area contributed by atoms with E-state index in [1.165, 1.54) is 0 Å². The van der Waals surface area contributed by atoms with Crippen LogP contribution < -0.4 is 5.32 Å². The third-order valence-corrected chi connectivity index (χ3v) is 3.58. The minimum atomic E-state index is -0.222. The summed E-state index contributed by atoms with van der Waals surface area (Å²) in [6.45, 7) is 1.93. The van der Waals surface area contributed by atoms with Gasteiger partial charge in [-0.3, -0.25) is 4.79 Å². The Morgan fingerprint density at radius 2 is 2.29 bits per heavy atom. The van der Waals surface area contributed by atoms with Crippen molar-refractivity contribution < 1.29 is 4.79 Å². The predicted octanol–water partition coefficient (Wildman–Crippen LogP) is 2.21. The molecule has 2 heterocycles. The standard InChI is InChI=1S/C14H13N5OS/c1-10(16-14(20)13-9-21-18-17-13)11-4-2-5-12(8-11)19-7-3-6-15-19/h2-10H,1H3,(H,16,20). The Balaban J connectivity index is 1.77. The first-order chi connectivity index (χ1) is 10.2. The smallest absolute Gasteiger partial charge is 0.273 e. The lowest BCUT2D eigenvalue weighted by Gasteiger charge is -2.14. The molecule has 21 heavy (non-hydrogen) atoms. The van der Waals surface area contributed by atoms with E-state index >= 15 is 0 Å². The maximum atomic E-state index is 12.0. The SMILES string of the molecule is CC(NC(=O)c1csnn1)c1cccc(-n2cccn2)c1. The number of carbonyl (C=O) groups excluding carboxylic acids is 1. The fraction of sp³-hybridized carbons (Fsp3) is 0.143. The summed E-state index contributed by atoms with van der Waals surface area (Å²) in [6.07, 6.45) is 3.61. The van der Waals surface area contributed by atoms with Crippen molar-refractivity contribution >= 4 is 17.4 Å². The molecular weight excluding hydrogens is 286 g/mol. The van der Waals surface area contributed by atoms with Crippen LogP contribution in [-0.2, 0) is 0 Å². The van der Waals surface area contributed by atoms with Gasteiger partial charge in [-0.05, 0) is 42.2 Å². The van der Waals surface area contributed by atoms with Gasteiger partial charge in [0.15, 0.2) is 5.69 Å². The largest absolute Gasteiger partial charge is 0.344 e. The molecule has 1 unspecified atom stereocenters. The van der Waals surface area contributed by atoms with E-state index in [1.54, 1.807) is 16.3 Å². The Morgan fingerprint density at radius 3 is 3.00 bits per heavy atom. The number of hydrogen-bond acceptors (Lipinski definition) is 5. The van der Waals surface area contributed by atoms with E-state index in [4.69, 9.17) is 0 Å². The second kappa shape index (κ2) is 5.84. The number of benzene rings is 1. The van der Waals surface area contributed by atoms with Crippen LogP contribution in [0.4, 0.5) is 0 Å². The first kappa shape index (κ1) is 13.4. The van der Waals surface area contributed by atoms with Crippen molar-refractivity contribution in [3.05, 3.63) is 59.4 Å². The van der Waals surface area contributed by atoms with Gasteiger partial charge < -0.3 is 5.32 Å². The van der Waals surface area contributed by atoms with Gasteiger partial charge in [0.05, 0.1) is 11.7 Å². The lowest BCUT2D eigenvalue weighted by molar-refractivity contribution is 0.0935. The molecule has 0 saturated heterocycles. The molecule has 1 atom stereocenters. The highest BCUT2D eigenvalue weighted by Crippen LogP contribution is 2.17. The predicted molar refractivity (Wildman–Crippen MR) is 79.4 cm³/mol. The fourth-order valence-corrected chi connectivity index (χ4v) is 2.41. The Labute approximate surface area is 125 Å². The Morgan fingerprint density at radius 1 is 1.38 bits per heavy atom. The zero-order chi connectivity index (χ0) is 14.7. The van der Waals surface area contributed by atoms with Crippen molar-refractivity contribution in [1.29, 1.82) is 0 Å². The quantitative estimate of drug-likeness (QED) is 0.801. The maximum Gasteiger partial charge on any atom is 0.273 e. The minimum Gasteiger partial charge on any atom is -0.344 e. The summed E-state index contributed by atoms with van der Waals surface area (Å²) >= 11 is 1.16. The summed E-state index contributed by atoms with van der Waals surface area (Å²) in [7, 11) is 0. The molecule has 0 bridgehead atoms. The highest BCUT2D eigenvalue weighted by atomic mass is 32.1. The first-order valence-corrected chi connectivity index (χ1v) is 7.25. The van der Waals surface area contributed by atoms with Crippen molar-refractivity contribution in [2.24, 2.45) is 0 Å². The first-order valence-electron chi connectivity index (χ1n) is 6.42. The van der Waals surface area contributed by atoms with Gasteiger partial charge in [-0.1, -0.05) is 16.6 Å². The van der Waals surface area contributed by atoms with E-state index in [2.05, 4.69) is 20.0 Å². The second-order valence-electron chi connectivity index (χ2n) is 4.53. The highest BCUT2D eigenvalue weighted by Gasteiger charge is 2.14. The van der Waals surface area contributed by atoms with Crippen LogP contribution in [0, 0.1) is 0 Å². The molecule has 0 aliphatic carbocycles. The van der Waals surface area contributed by atoms with E-state index < -0.39 is 0 Å². The molecule has 1 N–H and O–H groups in total. The number of nitrogens with zero attached hydrogens (tertiary/aromatic N) is 4. The topological polar surface area (TPSA) is 72.7 Å². The summed E-state index contributed by atoms with van der Waals surface area (Å²) in [5, 5.41) is 12.5. The zero-order valence-corrected chi connectivity index (χ0v) is 12.1. The summed E-state index contributed by atoms with van der Waals surface area (Å²) in [4.78, 5) is 12.0. The third kappa shape index (κ3) is 2.97. The molecule has 7 heteroatoms. The molecule has 1 aromatic carbocycles. The van der Waals surface area contributed by atoms with Gasteiger partial charge in [-0.2, -0.15) is 5.10 Å². The van der Waals surface area contributed by atoms with Crippen molar-refractivity contribution in [3.63, 3.8) is 0 Å². The summed E-state index contributed by atoms with van der Waals surface area (Å²) in [6, 6.07) is 9.62. The summed E-state index contributed by atoms with van der Waals surface area (Å²) in [5.41, 5.74) is 2.29. The lowest BCUT2D eigenvalue weighted by Crippen LogP contribution is -2.27. The van der Waals surface area contributed by atoms with Gasteiger partial charge in [0, 0.05) is 17.8 Å². The van der Waals surface area contributed by atoms with Crippen molar-refractivity contribution in [2.45, 2.75) is 13.0 Å². The number of nitrogens with one attached hydrogen (secondary N) is 1. The molecule has 0 saturated carbocycles. The second-order valence-corrected chi connectivity index (χ2v) is 5.14. The number of amides is 1. The molecule has 6 nitrogen and oxygen atoms in total. The fourth-order valence-electron chi connectivity index (χ4n) is 1.98. The van der Waals surface area contributed by atoms with Crippen LogP contribution >= 0.6 is 11.5 Å². The molecule has 3 aromatic rings. The molecule has 0 aliphatic heterocycles. The Hall–Kier alpha value is -2.54. The molecular formula is C14H13N5OS. The van der Waals surface area contributed by atoms with Crippen molar-refractivity contribution in [1.82, 2.24) is 24.7 Å². The molecule has 3 rings (SSSR count). The third-order valence-electron chi connectivity index (χ3n) is 3.08. The van der Waals surface area contributed by atoms with Crippen LogP contribution in [0.5, 0.6) is 0 Å². The summed E-state index contributed by atoms with van der Waals surface area (Å²) in [5.74, 6) is -0.222. The number of hydrogen-bond donors (Lipinski definition) is 1. The Kier molecular flexibility index (Phi) is 3.74. The number of aromatic nitrogens is 4. The van der Waals surface area contributed by atoms with Crippen molar-refractivity contribution in [3.8, 4) is 5.69 Å². The van der Waals surface area contributed by atoms with Crippen LogP contribution in [0.15, 0.2) is 48.1 Å². The van der Waals surface area contributed by atoms with Crippen LogP contribution in [0.3, 0.4) is 0 Å². The van der Waals surface area contributed by atoms with Gasteiger partial charge in [-0.15, -0.1) is 5.10 Å². The number of carbonyl (C=O) groups is 1. The van der Waals surface area contributed by atoms with Gasteiger partial charge in [0.25, 0.3) is 5.91 Å². The van der Waals surface area contributed by atoms with Crippen LogP contribution in [-0.4, -0.2) is 25.3 Å². The average molecular weight is 299 g/mol. The molecule has 0 fully saturated rings. The molecule has 0 spiro atoms. The van der Waals surface area contributed by atoms with Crippen molar-refractivity contribution in [2.75, 3.05) is 0 Å². The molecule has 0 radical (unpaired) electrons. The summed E-state index contributed by atoms with van der Waals surface area (Å²) < 4.78 is 5.47. The number of rotatable bonds is 4. The van der Waals surface area contributed by atoms with Gasteiger partial charge >= 0.3 is 0 Å². The zero-order valence-electron chi connectivity index (χ0n) is 11.3. The minimum absolute atomic E-state index is 0.130. The van der Waals surface area contributed by atoms with Crippen LogP contribution in [0.1, 0.15) is 29.0 Å². The van der Waals surface area contributed by atoms with E-state index in [1.807, 2.05) is 43.5 Å². The molecule has 2 aromatic heterocycles. The molecule has 0 aliphatic rings. The van der Waals surface area contributed by atoms with Crippen LogP contribution in [0.25, 0.3) is 5.69 Å². The lowest BCUT2D eigenvalue weighted by atomic mass is 10.1. The molecule has 1 amide bonds. The maximum absolute atomic E-state index is 12.0. The van der Waals surface area contributed by atoms with Gasteiger partial charge in [0.2, 0.25) is 0 Å². The van der Waals surface area contributed by atoms with E-state index in [0.717, 1.165) is 22.8 Å². The van der Waals surface area contributed by atoms with E-state index in [0.29, 0.717) is 5.69 Å². The van der Waals surface area contributed by atoms with E-state index in [9.17, 15) is 4.79 Å². The van der Waals surface area contributed by atoms with Gasteiger partial charge in [-0.25, -0.2) is 4.68 Å². The normalized spacial score (nSPS) is 12.0. The van der Waals surface area contributed by atoms with E-state index in [-0.39, 0.29) is 11.9 Å². The van der Waals surface area contributed by atoms with Crippen LogP contribution in [0.2, 0.25) is 0 Å². The molecule has 106 valence electrons. The average Bonchev–Trinajstić information content (AvgIpc) is 3.20. The Bertz CT molecular complexity index is 724.